The number of carboxylic acids is 1. The average Bonchev–Trinajstić information content (AvgIpc) is 4.03. The van der Waals surface area contributed by atoms with Crippen LogP contribution in [0.25, 0.3) is 0 Å². The molecule has 292 valence electrons. The predicted molar refractivity (Wildman–Crippen MR) is 209 cm³/mol. The lowest BCUT2D eigenvalue weighted by molar-refractivity contribution is -0.142. The van der Waals surface area contributed by atoms with Crippen LogP contribution >= 0.6 is 0 Å². The van der Waals surface area contributed by atoms with Crippen molar-refractivity contribution in [2.45, 2.75) is 49.7 Å². The number of azo groups is 1. The van der Waals surface area contributed by atoms with E-state index < -0.39 is 60.7 Å². The third-order valence-electron chi connectivity index (χ3n) is 9.23. The summed E-state index contributed by atoms with van der Waals surface area (Å²) < 4.78 is 0. The molecule has 0 radical (unpaired) electrons. The van der Waals surface area contributed by atoms with Gasteiger partial charge in [0.05, 0.1) is 18.0 Å². The number of rotatable bonds is 18. The van der Waals surface area contributed by atoms with Crippen LogP contribution in [0.3, 0.4) is 0 Å². The second-order valence-electron chi connectivity index (χ2n) is 13.4. The Balaban J connectivity index is 1.17. The summed E-state index contributed by atoms with van der Waals surface area (Å²) in [6, 6.07) is 35.8. The highest BCUT2D eigenvalue weighted by atomic mass is 16.8. The topological polar surface area (TPSA) is 205 Å². The molecule has 0 bridgehead atoms. The summed E-state index contributed by atoms with van der Waals surface area (Å²) in [6.07, 6.45) is -0.396. The van der Waals surface area contributed by atoms with E-state index in [9.17, 15) is 34.5 Å². The minimum Gasteiger partial charge on any atom is -0.508 e. The number of hydrogen-bond donors (Lipinski definition) is 6. The van der Waals surface area contributed by atoms with Crippen LogP contribution < -0.4 is 16.0 Å². The van der Waals surface area contributed by atoms with Crippen LogP contribution in [0.15, 0.2) is 150 Å². The van der Waals surface area contributed by atoms with Crippen LogP contribution in [0.4, 0.5) is 11.4 Å². The zero-order valence-electron chi connectivity index (χ0n) is 30.7. The molecule has 0 aromatic heterocycles. The third kappa shape index (κ3) is 11.4. The minimum absolute atomic E-state index is 0.00323. The van der Waals surface area contributed by atoms with E-state index >= 15 is 0 Å². The Labute approximate surface area is 328 Å². The van der Waals surface area contributed by atoms with Crippen molar-refractivity contribution in [3.8, 4) is 5.75 Å². The van der Waals surface area contributed by atoms with Crippen LogP contribution in [0.2, 0.25) is 0 Å². The Kier molecular flexibility index (Phi) is 13.5. The Morgan fingerprint density at radius 1 is 0.579 bits per heavy atom. The number of phenols is 1. The molecule has 6 atom stereocenters. The molecule has 14 heteroatoms. The van der Waals surface area contributed by atoms with Gasteiger partial charge in [-0.2, -0.15) is 10.2 Å². The first-order valence-corrected chi connectivity index (χ1v) is 18.3. The number of hydrogen-bond acceptors (Lipinski definition) is 10. The summed E-state index contributed by atoms with van der Waals surface area (Å²) in [6.45, 7) is -0.846. The summed E-state index contributed by atoms with van der Waals surface area (Å²) in [5.74, 6) is -3.56. The van der Waals surface area contributed by atoms with Crippen molar-refractivity contribution < 1.29 is 39.3 Å². The summed E-state index contributed by atoms with van der Waals surface area (Å²) in [4.78, 5) is 59.4. The lowest BCUT2D eigenvalue weighted by Crippen LogP contribution is -2.58. The Morgan fingerprint density at radius 2 is 1.05 bits per heavy atom. The lowest BCUT2D eigenvalue weighted by Gasteiger charge is -2.25. The Morgan fingerprint density at radius 3 is 1.63 bits per heavy atom. The molecule has 1 aliphatic rings. The number of aliphatic carboxylic acids is 1. The second kappa shape index (κ2) is 19.2. The maximum Gasteiger partial charge on any atom is 0.326 e. The van der Waals surface area contributed by atoms with Crippen LogP contribution in [-0.2, 0) is 43.3 Å². The lowest BCUT2D eigenvalue weighted by atomic mass is 10.0. The highest BCUT2D eigenvalue weighted by Gasteiger charge is 2.47. The molecular weight excluding hydrogens is 729 g/mol. The van der Waals surface area contributed by atoms with Crippen LogP contribution in [-0.4, -0.2) is 74.8 Å². The number of benzene rings is 5. The van der Waals surface area contributed by atoms with E-state index in [-0.39, 0.29) is 25.0 Å². The normalized spacial score (nSPS) is 16.8. The van der Waals surface area contributed by atoms with Gasteiger partial charge in [0.1, 0.15) is 29.9 Å². The van der Waals surface area contributed by atoms with Crippen molar-refractivity contribution in [2.75, 3.05) is 6.61 Å². The van der Waals surface area contributed by atoms with Gasteiger partial charge in [-0.3, -0.25) is 19.2 Å². The van der Waals surface area contributed by atoms with Gasteiger partial charge in [-0.25, -0.2) is 4.79 Å². The zero-order valence-corrected chi connectivity index (χ0v) is 30.7. The average molecular weight is 771 g/mol. The minimum atomic E-state index is -1.54. The molecule has 1 fully saturated rings. The largest absolute Gasteiger partial charge is 0.508 e. The van der Waals surface area contributed by atoms with Crippen molar-refractivity contribution in [3.63, 3.8) is 0 Å². The van der Waals surface area contributed by atoms with Crippen LogP contribution in [0.1, 0.15) is 28.5 Å². The molecule has 6 N–H and O–H groups in total. The van der Waals surface area contributed by atoms with E-state index in [4.69, 9.17) is 4.84 Å². The molecule has 6 rings (SSSR count). The fraction of sp³-hybridized carbons (Fsp3) is 0.209. The molecule has 1 heterocycles. The molecule has 0 aliphatic carbocycles. The number of carbonyl (C=O) groups excluding carboxylic acids is 3. The first-order valence-electron chi connectivity index (χ1n) is 18.3. The highest BCUT2D eigenvalue weighted by molar-refractivity contribution is 5.94. The number of carboxylic acid groups (broad SMARTS) is 1. The van der Waals surface area contributed by atoms with Crippen LogP contribution in [0, 0.1) is 0 Å². The predicted octanol–water partition coefficient (Wildman–Crippen LogP) is 4.68. The van der Waals surface area contributed by atoms with Crippen molar-refractivity contribution in [1.82, 2.24) is 21.0 Å². The molecule has 3 amide bonds. The number of aliphatic hydroxyl groups excluding tert-OH is 1. The summed E-state index contributed by atoms with van der Waals surface area (Å²) in [5, 5.41) is 47.4. The van der Waals surface area contributed by atoms with Gasteiger partial charge < -0.3 is 31.3 Å². The Hall–Kier alpha value is -6.74. The van der Waals surface area contributed by atoms with Gasteiger partial charge in [-0.15, -0.1) is 5.06 Å². The number of aromatic hydroxyl groups is 1. The van der Waals surface area contributed by atoms with E-state index in [1.807, 2.05) is 78.9 Å². The summed E-state index contributed by atoms with van der Waals surface area (Å²) >= 11 is 0. The van der Waals surface area contributed by atoms with Gasteiger partial charge in [-0.05, 0) is 65.1 Å². The van der Waals surface area contributed by atoms with Crippen molar-refractivity contribution >= 4 is 35.1 Å². The molecule has 1 saturated heterocycles. The van der Waals surface area contributed by atoms with Crippen molar-refractivity contribution in [2.24, 2.45) is 10.2 Å². The number of nitrogens with one attached hydrogen (secondary N) is 3. The first-order chi connectivity index (χ1) is 27.7. The molecule has 1 aliphatic heterocycles. The first kappa shape index (κ1) is 39.9. The van der Waals surface area contributed by atoms with E-state index in [0.29, 0.717) is 16.8 Å². The molecule has 57 heavy (non-hydrogen) atoms. The van der Waals surface area contributed by atoms with Gasteiger partial charge in [0.25, 0.3) is 0 Å². The molecule has 5 aromatic rings. The zero-order chi connectivity index (χ0) is 40.1. The maximum absolute atomic E-state index is 14.2. The van der Waals surface area contributed by atoms with Crippen LogP contribution in [0.5, 0.6) is 5.75 Å². The molecular formula is C43H42N6O8. The number of nitrogens with zero attached hydrogens (tertiary/aromatic N) is 3. The second-order valence-corrected chi connectivity index (χ2v) is 13.4. The molecule has 14 nitrogen and oxygen atoms in total. The van der Waals surface area contributed by atoms with E-state index in [0.717, 1.165) is 16.8 Å². The van der Waals surface area contributed by atoms with Gasteiger partial charge in [0, 0.05) is 12.8 Å². The standard InChI is InChI=1S/C43H42N6O8/c50-27-37(40(53)45-36(43(55)56)25-30-16-22-34(51)23-17-30)46-39(52)35(24-28-10-4-1-5-11-28)44-41(54)38(26-29-12-6-2-7-13-29)49-42(57-49)31-18-20-33(21-19-31)48-47-32-14-8-3-9-15-32/h1-23,35-38,42,50-51H,24-27H2,(H,44,54)(H,45,53)(H,46,52)(H,55,56)/t35-,36-,37-,38-,42+,49?/m1/s1. The molecule has 0 spiro atoms. The number of carbonyl (C=O) groups is 4. The highest BCUT2D eigenvalue weighted by Crippen LogP contribution is 2.40. The Bertz CT molecular complexity index is 2140. The van der Waals surface area contributed by atoms with E-state index in [2.05, 4.69) is 26.2 Å². The maximum atomic E-state index is 14.2. The van der Waals surface area contributed by atoms with Gasteiger partial charge in [0.15, 0.2) is 6.23 Å². The number of aliphatic hydroxyl groups is 1. The molecule has 0 saturated carbocycles. The molecule has 1 unspecified atom stereocenters. The monoisotopic (exact) mass is 770 g/mol. The van der Waals surface area contributed by atoms with Gasteiger partial charge in [0.2, 0.25) is 17.7 Å². The molecule has 5 aromatic carbocycles. The SMILES string of the molecule is O=C(N[C@H](Cc1ccccc1)C(=O)N[C@H](CO)C(=O)N[C@H](Cc1ccc(O)cc1)C(=O)O)[C@@H](Cc1ccccc1)N1O[C@H]1c1ccc(N=Nc2ccccc2)cc1. The van der Waals surface area contributed by atoms with E-state index in [1.54, 1.807) is 41.5 Å². The number of hydroxylamine groups is 2. The van der Waals surface area contributed by atoms with Crippen molar-refractivity contribution in [3.05, 3.63) is 162 Å². The van der Waals surface area contributed by atoms with Gasteiger partial charge >= 0.3 is 5.97 Å². The fourth-order valence-electron chi connectivity index (χ4n) is 6.12. The summed E-state index contributed by atoms with van der Waals surface area (Å²) in [7, 11) is 0. The third-order valence-corrected chi connectivity index (χ3v) is 9.23. The van der Waals surface area contributed by atoms with E-state index in [1.165, 1.54) is 24.3 Å². The van der Waals surface area contributed by atoms with Crippen molar-refractivity contribution in [1.29, 1.82) is 0 Å². The van der Waals surface area contributed by atoms with Gasteiger partial charge in [-0.1, -0.05) is 103 Å². The number of phenolic OH excluding ortho intramolecular Hbond substituents is 1. The fourth-order valence-corrected chi connectivity index (χ4v) is 6.12. The number of amides is 3. The summed E-state index contributed by atoms with van der Waals surface area (Å²) in [5.41, 5.74) is 4.23. The quantitative estimate of drug-likeness (QED) is 0.0540. The smallest absolute Gasteiger partial charge is 0.326 e.